The Bertz CT molecular complexity index is 442. The van der Waals surface area contributed by atoms with Crippen molar-refractivity contribution in [3.63, 3.8) is 0 Å². The minimum absolute atomic E-state index is 0.281. The van der Waals surface area contributed by atoms with Gasteiger partial charge in [-0.1, -0.05) is 60.7 Å². The highest BCUT2D eigenvalue weighted by Gasteiger charge is 2.12. The Morgan fingerprint density at radius 2 is 1.41 bits per heavy atom. The summed E-state index contributed by atoms with van der Waals surface area (Å²) in [7, 11) is 0. The number of hydrogen-bond donors (Lipinski definition) is 2. The minimum atomic E-state index is -0.281. The van der Waals surface area contributed by atoms with E-state index >= 15 is 0 Å². The van der Waals surface area contributed by atoms with E-state index in [1.54, 1.807) is 5.01 Å². The first kappa shape index (κ1) is 11.8. The van der Waals surface area contributed by atoms with Crippen molar-refractivity contribution in [1.29, 1.82) is 0 Å². The van der Waals surface area contributed by atoms with Gasteiger partial charge in [-0.2, -0.15) is 0 Å². The molecular weight excluding hydrogens is 210 g/mol. The van der Waals surface area contributed by atoms with E-state index in [0.29, 0.717) is 6.54 Å². The van der Waals surface area contributed by atoms with Crippen LogP contribution in [0.5, 0.6) is 0 Å². The second-order valence-corrected chi connectivity index (χ2v) is 4.01. The van der Waals surface area contributed by atoms with Crippen molar-refractivity contribution in [3.05, 3.63) is 71.8 Å². The van der Waals surface area contributed by atoms with Crippen molar-refractivity contribution in [2.75, 3.05) is 0 Å². The number of rotatable bonds is 4. The summed E-state index contributed by atoms with van der Waals surface area (Å²) in [4.78, 5) is 0. The molecule has 0 heterocycles. The zero-order valence-corrected chi connectivity index (χ0v) is 9.66. The van der Waals surface area contributed by atoms with Crippen molar-refractivity contribution in [2.24, 2.45) is 11.6 Å². The Morgan fingerprint density at radius 1 is 0.882 bits per heavy atom. The van der Waals surface area contributed by atoms with Gasteiger partial charge in [0.25, 0.3) is 0 Å². The van der Waals surface area contributed by atoms with Gasteiger partial charge in [-0.3, -0.25) is 5.84 Å². The zero-order valence-electron chi connectivity index (χ0n) is 9.66. The lowest BCUT2D eigenvalue weighted by atomic mass is 10.1. The second kappa shape index (κ2) is 5.59. The van der Waals surface area contributed by atoms with Crippen LogP contribution in [0.2, 0.25) is 0 Å². The van der Waals surface area contributed by atoms with Crippen LogP contribution in [0.15, 0.2) is 60.7 Å². The second-order valence-electron chi connectivity index (χ2n) is 4.01. The molecule has 0 aliphatic heterocycles. The fourth-order valence-corrected chi connectivity index (χ4v) is 1.73. The molecule has 2 rings (SSSR count). The van der Waals surface area contributed by atoms with Crippen molar-refractivity contribution in [2.45, 2.75) is 12.7 Å². The van der Waals surface area contributed by atoms with E-state index in [-0.39, 0.29) is 6.17 Å². The molecule has 0 radical (unpaired) electrons. The minimum Gasteiger partial charge on any atom is -0.311 e. The van der Waals surface area contributed by atoms with Crippen LogP contribution in [0.1, 0.15) is 17.3 Å². The summed E-state index contributed by atoms with van der Waals surface area (Å²) >= 11 is 0. The van der Waals surface area contributed by atoms with E-state index in [1.165, 1.54) is 0 Å². The van der Waals surface area contributed by atoms with Gasteiger partial charge in [0.05, 0.1) is 6.17 Å². The number of benzene rings is 2. The molecule has 0 saturated carbocycles. The predicted molar refractivity (Wildman–Crippen MR) is 69.5 cm³/mol. The molecule has 2 aromatic carbocycles. The van der Waals surface area contributed by atoms with Crippen LogP contribution in [0.25, 0.3) is 0 Å². The fourth-order valence-electron chi connectivity index (χ4n) is 1.73. The molecule has 0 aliphatic carbocycles. The monoisotopic (exact) mass is 227 g/mol. The zero-order chi connectivity index (χ0) is 12.1. The Hall–Kier alpha value is -1.68. The molecular formula is C14H17N3. The van der Waals surface area contributed by atoms with Crippen molar-refractivity contribution < 1.29 is 0 Å². The highest BCUT2D eigenvalue weighted by Crippen LogP contribution is 2.14. The largest absolute Gasteiger partial charge is 0.311 e. The number of nitrogens with two attached hydrogens (primary N) is 2. The quantitative estimate of drug-likeness (QED) is 0.477. The van der Waals surface area contributed by atoms with Gasteiger partial charge in [0.15, 0.2) is 0 Å². The molecule has 0 aromatic heterocycles. The van der Waals surface area contributed by atoms with Crippen LogP contribution in [-0.4, -0.2) is 5.01 Å². The average Bonchev–Trinajstić information content (AvgIpc) is 2.40. The highest BCUT2D eigenvalue weighted by atomic mass is 15.4. The van der Waals surface area contributed by atoms with Crippen LogP contribution >= 0.6 is 0 Å². The van der Waals surface area contributed by atoms with Gasteiger partial charge < -0.3 is 5.73 Å². The average molecular weight is 227 g/mol. The molecule has 88 valence electrons. The molecule has 17 heavy (non-hydrogen) atoms. The molecule has 4 N–H and O–H groups in total. The van der Waals surface area contributed by atoms with E-state index in [0.717, 1.165) is 11.1 Å². The summed E-state index contributed by atoms with van der Waals surface area (Å²) in [6, 6.07) is 19.9. The van der Waals surface area contributed by atoms with E-state index < -0.39 is 0 Å². The van der Waals surface area contributed by atoms with Crippen LogP contribution in [-0.2, 0) is 6.54 Å². The van der Waals surface area contributed by atoms with E-state index in [4.69, 9.17) is 11.6 Å². The summed E-state index contributed by atoms with van der Waals surface area (Å²) in [6.07, 6.45) is -0.281. The van der Waals surface area contributed by atoms with Crippen molar-refractivity contribution in [3.8, 4) is 0 Å². The standard InChI is InChI=1S/C14H17N3/c15-14(13-9-5-2-6-10-13)17(16)11-12-7-3-1-4-8-12/h1-10,14H,11,15-16H2/t14-/m0/s1. The summed E-state index contributed by atoms with van der Waals surface area (Å²) in [5.74, 6) is 5.99. The summed E-state index contributed by atoms with van der Waals surface area (Å²) < 4.78 is 0. The van der Waals surface area contributed by atoms with E-state index in [9.17, 15) is 0 Å². The van der Waals surface area contributed by atoms with Gasteiger partial charge >= 0.3 is 0 Å². The molecule has 2 aromatic rings. The van der Waals surface area contributed by atoms with Crippen LogP contribution < -0.4 is 11.6 Å². The Morgan fingerprint density at radius 3 is 2.00 bits per heavy atom. The Balaban J connectivity index is 2.03. The van der Waals surface area contributed by atoms with Crippen LogP contribution in [0.3, 0.4) is 0 Å². The Labute approximate surface area is 102 Å². The molecule has 0 spiro atoms. The molecule has 3 heteroatoms. The lowest BCUT2D eigenvalue weighted by molar-refractivity contribution is 0.197. The molecule has 0 amide bonds. The lowest BCUT2D eigenvalue weighted by Crippen LogP contribution is -2.39. The maximum absolute atomic E-state index is 6.09. The van der Waals surface area contributed by atoms with Crippen LogP contribution in [0.4, 0.5) is 0 Å². The normalized spacial score (nSPS) is 12.6. The summed E-state index contributed by atoms with van der Waals surface area (Å²) in [6.45, 7) is 0.636. The van der Waals surface area contributed by atoms with Crippen LogP contribution in [0, 0.1) is 0 Å². The van der Waals surface area contributed by atoms with E-state index in [1.807, 2.05) is 60.7 Å². The molecule has 3 nitrogen and oxygen atoms in total. The van der Waals surface area contributed by atoms with Crippen molar-refractivity contribution in [1.82, 2.24) is 5.01 Å². The smallest absolute Gasteiger partial charge is 0.0968 e. The predicted octanol–water partition coefficient (Wildman–Crippen LogP) is 2.02. The van der Waals surface area contributed by atoms with Gasteiger partial charge in [-0.05, 0) is 11.1 Å². The molecule has 0 fully saturated rings. The van der Waals surface area contributed by atoms with Gasteiger partial charge in [-0.15, -0.1) is 0 Å². The van der Waals surface area contributed by atoms with Gasteiger partial charge in [0.2, 0.25) is 0 Å². The number of nitrogens with zero attached hydrogens (tertiary/aromatic N) is 1. The molecule has 0 bridgehead atoms. The third-order valence-electron chi connectivity index (χ3n) is 2.71. The highest BCUT2D eigenvalue weighted by molar-refractivity contribution is 5.19. The van der Waals surface area contributed by atoms with Crippen molar-refractivity contribution >= 4 is 0 Å². The molecule has 1 atom stereocenters. The SMILES string of the molecule is N[C@H](c1ccccc1)N(N)Cc1ccccc1. The maximum Gasteiger partial charge on any atom is 0.0968 e. The topological polar surface area (TPSA) is 55.3 Å². The first-order valence-corrected chi connectivity index (χ1v) is 5.63. The summed E-state index contributed by atoms with van der Waals surface area (Å²) in [5, 5.41) is 1.64. The third kappa shape index (κ3) is 3.14. The summed E-state index contributed by atoms with van der Waals surface area (Å²) in [5.41, 5.74) is 8.26. The Kier molecular flexibility index (Phi) is 3.88. The first-order chi connectivity index (χ1) is 8.27. The van der Waals surface area contributed by atoms with Gasteiger partial charge in [0.1, 0.15) is 0 Å². The lowest BCUT2D eigenvalue weighted by Gasteiger charge is -2.24. The molecule has 0 unspecified atom stereocenters. The fraction of sp³-hybridized carbons (Fsp3) is 0.143. The molecule has 0 saturated heterocycles. The first-order valence-electron chi connectivity index (χ1n) is 5.63. The molecule has 0 aliphatic rings. The van der Waals surface area contributed by atoms with E-state index in [2.05, 4.69) is 0 Å². The number of hydrogen-bond acceptors (Lipinski definition) is 3. The maximum atomic E-state index is 6.09. The third-order valence-corrected chi connectivity index (χ3v) is 2.71. The number of hydrazine groups is 1. The van der Waals surface area contributed by atoms with Gasteiger partial charge in [0, 0.05) is 6.54 Å². The van der Waals surface area contributed by atoms with Gasteiger partial charge in [-0.25, -0.2) is 5.01 Å².